The number of para-hydroxylation sites is 1. The average molecular weight is 410 g/mol. The van der Waals surface area contributed by atoms with Crippen molar-refractivity contribution in [3.8, 4) is 0 Å². The molecule has 1 atom stereocenters. The number of carbonyl (C=O) groups is 1. The lowest BCUT2D eigenvalue weighted by Crippen LogP contribution is -2.49. The maximum Gasteiger partial charge on any atom is 0.243 e. The summed E-state index contributed by atoms with van der Waals surface area (Å²) >= 11 is 5.97. The zero-order valence-corrected chi connectivity index (χ0v) is 17.2. The predicted molar refractivity (Wildman–Crippen MR) is 111 cm³/mol. The Labute approximate surface area is 165 Å². The minimum Gasteiger partial charge on any atom is -0.373 e. The third-order valence-corrected chi connectivity index (χ3v) is 5.57. The van der Waals surface area contributed by atoms with E-state index in [-0.39, 0.29) is 5.91 Å². The number of nitrogens with one attached hydrogen (secondary N) is 1. The van der Waals surface area contributed by atoms with E-state index in [1.165, 1.54) is 6.07 Å². The number of hydrogen-bond donors (Lipinski definition) is 1. The van der Waals surface area contributed by atoms with Crippen molar-refractivity contribution in [3.63, 3.8) is 0 Å². The highest BCUT2D eigenvalue weighted by atomic mass is 35.5. The van der Waals surface area contributed by atoms with Crippen molar-refractivity contribution in [2.45, 2.75) is 13.0 Å². The van der Waals surface area contributed by atoms with Gasteiger partial charge in [-0.25, -0.2) is 8.42 Å². The summed E-state index contributed by atoms with van der Waals surface area (Å²) in [6.45, 7) is 2.54. The van der Waals surface area contributed by atoms with E-state index in [0.717, 1.165) is 16.2 Å². The molecule has 0 saturated heterocycles. The number of halogens is 1. The number of amides is 1. The third-order valence-electron chi connectivity index (χ3n) is 4.09. The molecule has 6 nitrogen and oxygen atoms in total. The van der Waals surface area contributed by atoms with Crippen molar-refractivity contribution in [3.05, 3.63) is 59.6 Å². The van der Waals surface area contributed by atoms with Gasteiger partial charge in [0.2, 0.25) is 15.9 Å². The smallest absolute Gasteiger partial charge is 0.243 e. The SMILES string of the molecule is C[C@H](C(=O)NCCN(C)c1ccccc1)N(c1cccc(Cl)c1)S(C)(=O)=O. The number of rotatable bonds is 8. The number of benzene rings is 2. The Balaban J connectivity index is 2.03. The molecule has 27 heavy (non-hydrogen) atoms. The van der Waals surface area contributed by atoms with Gasteiger partial charge < -0.3 is 10.2 Å². The summed E-state index contributed by atoms with van der Waals surface area (Å²) in [5.41, 5.74) is 1.39. The first kappa shape index (κ1) is 21.1. The minimum atomic E-state index is -3.66. The van der Waals surface area contributed by atoms with Crippen LogP contribution in [0.25, 0.3) is 0 Å². The van der Waals surface area contributed by atoms with Crippen LogP contribution in [0.2, 0.25) is 5.02 Å². The zero-order valence-electron chi connectivity index (χ0n) is 15.6. The molecule has 0 aromatic heterocycles. The molecule has 1 amide bonds. The predicted octanol–water partition coefficient (Wildman–Crippen LogP) is 2.75. The van der Waals surface area contributed by atoms with Gasteiger partial charge in [0.15, 0.2) is 0 Å². The lowest BCUT2D eigenvalue weighted by molar-refractivity contribution is -0.121. The van der Waals surface area contributed by atoms with Gasteiger partial charge in [-0.2, -0.15) is 0 Å². The molecule has 0 heterocycles. The van der Waals surface area contributed by atoms with Crippen molar-refractivity contribution in [2.75, 3.05) is 35.6 Å². The van der Waals surface area contributed by atoms with Crippen molar-refractivity contribution in [2.24, 2.45) is 0 Å². The van der Waals surface area contributed by atoms with E-state index < -0.39 is 16.1 Å². The first-order chi connectivity index (χ1) is 12.7. The van der Waals surface area contributed by atoms with Gasteiger partial charge >= 0.3 is 0 Å². The Kier molecular flexibility index (Phi) is 7.10. The van der Waals surface area contributed by atoms with Crippen LogP contribution in [0.5, 0.6) is 0 Å². The van der Waals surface area contributed by atoms with Gasteiger partial charge in [0.25, 0.3) is 0 Å². The van der Waals surface area contributed by atoms with Crippen molar-refractivity contribution >= 4 is 38.9 Å². The first-order valence-electron chi connectivity index (χ1n) is 8.49. The van der Waals surface area contributed by atoms with Crippen LogP contribution in [0.4, 0.5) is 11.4 Å². The molecular formula is C19H24ClN3O3S. The lowest BCUT2D eigenvalue weighted by atomic mass is 10.2. The maximum absolute atomic E-state index is 12.5. The van der Waals surface area contributed by atoms with Crippen LogP contribution < -0.4 is 14.5 Å². The second-order valence-electron chi connectivity index (χ2n) is 6.26. The lowest BCUT2D eigenvalue weighted by Gasteiger charge is -2.28. The molecule has 2 rings (SSSR count). The Morgan fingerprint density at radius 3 is 2.33 bits per heavy atom. The highest BCUT2D eigenvalue weighted by Gasteiger charge is 2.29. The number of hydrogen-bond acceptors (Lipinski definition) is 4. The van der Waals surface area contributed by atoms with E-state index in [0.29, 0.717) is 23.8 Å². The Hall–Kier alpha value is -2.25. The normalized spacial score (nSPS) is 12.3. The first-order valence-corrected chi connectivity index (χ1v) is 10.7. The second kappa shape index (κ2) is 9.10. The number of likely N-dealkylation sites (N-methyl/N-ethyl adjacent to an activating group) is 1. The maximum atomic E-state index is 12.5. The molecule has 146 valence electrons. The minimum absolute atomic E-state index is 0.356. The van der Waals surface area contributed by atoms with Crippen LogP contribution in [0.15, 0.2) is 54.6 Å². The largest absolute Gasteiger partial charge is 0.373 e. The van der Waals surface area contributed by atoms with E-state index in [2.05, 4.69) is 5.32 Å². The Bertz CT molecular complexity index is 875. The van der Waals surface area contributed by atoms with Gasteiger partial charge in [0.05, 0.1) is 11.9 Å². The van der Waals surface area contributed by atoms with E-state index in [9.17, 15) is 13.2 Å². The van der Waals surface area contributed by atoms with Gasteiger partial charge in [-0.3, -0.25) is 9.10 Å². The van der Waals surface area contributed by atoms with Crippen molar-refractivity contribution < 1.29 is 13.2 Å². The Morgan fingerprint density at radius 1 is 1.11 bits per heavy atom. The van der Waals surface area contributed by atoms with E-state index in [1.54, 1.807) is 25.1 Å². The number of anilines is 2. The quantitative estimate of drug-likeness (QED) is 0.727. The molecule has 2 aromatic carbocycles. The third kappa shape index (κ3) is 5.87. The molecular weight excluding hydrogens is 386 g/mol. The molecule has 8 heteroatoms. The summed E-state index contributed by atoms with van der Waals surface area (Å²) in [6, 6.07) is 15.3. The summed E-state index contributed by atoms with van der Waals surface area (Å²) in [6.07, 6.45) is 1.07. The molecule has 0 fully saturated rings. The standard InChI is InChI=1S/C19H24ClN3O3S/c1-15(23(27(3,25)26)18-11-7-8-16(20)14-18)19(24)21-12-13-22(2)17-9-5-4-6-10-17/h4-11,14-15H,12-13H2,1-3H3,(H,21,24)/t15-/m1/s1. The summed E-state index contributed by atoms with van der Waals surface area (Å²) in [5.74, 6) is -0.373. The van der Waals surface area contributed by atoms with Crippen LogP contribution in [0, 0.1) is 0 Å². The monoisotopic (exact) mass is 409 g/mol. The number of nitrogens with zero attached hydrogens (tertiary/aromatic N) is 2. The van der Waals surface area contributed by atoms with Crippen molar-refractivity contribution in [1.82, 2.24) is 5.32 Å². The molecule has 1 N–H and O–H groups in total. The summed E-state index contributed by atoms with van der Waals surface area (Å²) < 4.78 is 25.6. The van der Waals surface area contributed by atoms with Gasteiger partial charge in [-0.05, 0) is 37.3 Å². The zero-order chi connectivity index (χ0) is 20.0. The second-order valence-corrected chi connectivity index (χ2v) is 8.56. The average Bonchev–Trinajstić information content (AvgIpc) is 2.61. The highest BCUT2D eigenvalue weighted by molar-refractivity contribution is 7.92. The van der Waals surface area contributed by atoms with E-state index >= 15 is 0 Å². The molecule has 0 radical (unpaired) electrons. The van der Waals surface area contributed by atoms with Crippen LogP contribution in [-0.2, 0) is 14.8 Å². The van der Waals surface area contributed by atoms with Crippen LogP contribution in [0.3, 0.4) is 0 Å². The fraction of sp³-hybridized carbons (Fsp3) is 0.316. The van der Waals surface area contributed by atoms with Crippen LogP contribution >= 0.6 is 11.6 Å². The van der Waals surface area contributed by atoms with Gasteiger partial charge in [0.1, 0.15) is 6.04 Å². The van der Waals surface area contributed by atoms with Crippen LogP contribution in [0.1, 0.15) is 6.92 Å². The van der Waals surface area contributed by atoms with Gasteiger partial charge in [-0.1, -0.05) is 35.9 Å². The molecule has 0 saturated carbocycles. The van der Waals surface area contributed by atoms with Gasteiger partial charge in [0, 0.05) is 30.8 Å². The summed E-state index contributed by atoms with van der Waals surface area (Å²) in [5, 5.41) is 3.20. The molecule has 0 spiro atoms. The molecule has 2 aromatic rings. The molecule has 0 unspecified atom stereocenters. The molecule has 0 aliphatic carbocycles. The number of carbonyl (C=O) groups excluding carboxylic acids is 1. The van der Waals surface area contributed by atoms with Gasteiger partial charge in [-0.15, -0.1) is 0 Å². The van der Waals surface area contributed by atoms with E-state index in [1.807, 2.05) is 42.3 Å². The molecule has 0 aliphatic heterocycles. The molecule has 0 aliphatic rings. The van der Waals surface area contributed by atoms with Crippen molar-refractivity contribution in [1.29, 1.82) is 0 Å². The fourth-order valence-corrected chi connectivity index (χ4v) is 4.08. The molecule has 0 bridgehead atoms. The summed E-state index contributed by atoms with van der Waals surface area (Å²) in [4.78, 5) is 14.5. The Morgan fingerprint density at radius 2 is 1.74 bits per heavy atom. The summed E-state index contributed by atoms with van der Waals surface area (Å²) in [7, 11) is -1.73. The highest BCUT2D eigenvalue weighted by Crippen LogP contribution is 2.24. The number of sulfonamides is 1. The van der Waals surface area contributed by atoms with Crippen LogP contribution in [-0.4, -0.2) is 46.8 Å². The van der Waals surface area contributed by atoms with E-state index in [4.69, 9.17) is 11.6 Å². The fourth-order valence-electron chi connectivity index (χ4n) is 2.73. The topological polar surface area (TPSA) is 69.7 Å².